The SMILES string of the molecule is Cc1cc(C)cc(O[P@](C)(=O)Nc2cccc(Cl)c2C)c1. The summed E-state index contributed by atoms with van der Waals surface area (Å²) in [6, 6.07) is 11.2. The molecule has 2 aromatic carbocycles. The van der Waals surface area contributed by atoms with Crippen molar-refractivity contribution in [3.8, 4) is 5.75 Å². The molecule has 5 heteroatoms. The summed E-state index contributed by atoms with van der Waals surface area (Å²) in [5.74, 6) is 0.602. The third-order valence-electron chi connectivity index (χ3n) is 3.07. The topological polar surface area (TPSA) is 38.3 Å². The average Bonchev–Trinajstić information content (AvgIpc) is 2.32. The van der Waals surface area contributed by atoms with Crippen molar-refractivity contribution in [3.63, 3.8) is 0 Å². The minimum Gasteiger partial charge on any atom is -0.429 e. The predicted octanol–water partition coefficient (Wildman–Crippen LogP) is 5.58. The lowest BCUT2D eigenvalue weighted by atomic mass is 10.1. The van der Waals surface area contributed by atoms with Gasteiger partial charge in [0.05, 0.1) is 0 Å². The first kappa shape index (κ1) is 15.9. The van der Waals surface area contributed by atoms with Crippen LogP contribution in [0.4, 0.5) is 5.69 Å². The number of halogens is 1. The normalized spacial score (nSPS) is 13.6. The van der Waals surface area contributed by atoms with Crippen LogP contribution in [0.15, 0.2) is 36.4 Å². The van der Waals surface area contributed by atoms with Gasteiger partial charge in [0.2, 0.25) is 0 Å². The first-order valence-electron chi connectivity index (χ1n) is 6.66. The van der Waals surface area contributed by atoms with Crippen LogP contribution in [0.2, 0.25) is 5.02 Å². The van der Waals surface area contributed by atoms with Crippen LogP contribution < -0.4 is 9.61 Å². The number of nitrogens with one attached hydrogen (secondary N) is 1. The van der Waals surface area contributed by atoms with Crippen LogP contribution in [0.25, 0.3) is 0 Å². The third-order valence-corrected chi connectivity index (χ3v) is 4.68. The van der Waals surface area contributed by atoms with Crippen molar-refractivity contribution in [1.82, 2.24) is 0 Å². The van der Waals surface area contributed by atoms with Gasteiger partial charge in [-0.15, -0.1) is 0 Å². The Morgan fingerprint density at radius 3 is 2.33 bits per heavy atom. The molecular weight excluding hydrogens is 305 g/mol. The predicted molar refractivity (Wildman–Crippen MR) is 89.9 cm³/mol. The molecule has 112 valence electrons. The van der Waals surface area contributed by atoms with Gasteiger partial charge in [0.1, 0.15) is 5.75 Å². The smallest absolute Gasteiger partial charge is 0.338 e. The van der Waals surface area contributed by atoms with Crippen molar-refractivity contribution >= 4 is 24.8 Å². The average molecular weight is 324 g/mol. The summed E-state index contributed by atoms with van der Waals surface area (Å²) in [5.41, 5.74) is 3.72. The highest BCUT2D eigenvalue weighted by molar-refractivity contribution is 7.60. The zero-order valence-electron chi connectivity index (χ0n) is 12.6. The molecule has 0 fully saturated rings. The third kappa shape index (κ3) is 4.26. The summed E-state index contributed by atoms with van der Waals surface area (Å²) in [5, 5.41) is 3.59. The fourth-order valence-corrected chi connectivity index (χ4v) is 3.56. The van der Waals surface area contributed by atoms with Crippen LogP contribution >= 0.6 is 19.1 Å². The molecule has 2 rings (SSSR count). The van der Waals surface area contributed by atoms with Crippen LogP contribution in [0.3, 0.4) is 0 Å². The van der Waals surface area contributed by atoms with Crippen molar-refractivity contribution in [2.75, 3.05) is 11.8 Å². The quantitative estimate of drug-likeness (QED) is 0.746. The Bertz CT molecular complexity index is 695. The Morgan fingerprint density at radius 1 is 1.10 bits per heavy atom. The number of hydrogen-bond acceptors (Lipinski definition) is 2. The van der Waals surface area contributed by atoms with Crippen molar-refractivity contribution in [2.45, 2.75) is 20.8 Å². The van der Waals surface area contributed by atoms with E-state index in [0.29, 0.717) is 10.8 Å². The minimum absolute atomic E-state index is 0.602. The van der Waals surface area contributed by atoms with Gasteiger partial charge in [-0.05, 0) is 61.7 Å². The number of hydrogen-bond donors (Lipinski definition) is 1. The molecule has 0 aliphatic heterocycles. The Morgan fingerprint density at radius 2 is 1.71 bits per heavy atom. The number of anilines is 1. The van der Waals surface area contributed by atoms with Gasteiger partial charge < -0.3 is 9.61 Å². The van der Waals surface area contributed by atoms with E-state index in [4.69, 9.17) is 16.1 Å². The number of benzene rings is 2. The van der Waals surface area contributed by atoms with Crippen LogP contribution in [0.5, 0.6) is 5.75 Å². The molecular formula is C16H19ClNO2P. The maximum Gasteiger partial charge on any atom is 0.338 e. The summed E-state index contributed by atoms with van der Waals surface area (Å²) in [6.45, 7) is 7.40. The monoisotopic (exact) mass is 323 g/mol. The van der Waals surface area contributed by atoms with E-state index in [0.717, 1.165) is 22.4 Å². The molecule has 21 heavy (non-hydrogen) atoms. The molecule has 2 aromatic rings. The lowest BCUT2D eigenvalue weighted by Gasteiger charge is -2.19. The molecule has 0 amide bonds. The maximum absolute atomic E-state index is 12.7. The number of rotatable bonds is 4. The standard InChI is InChI=1S/C16H19ClNO2P/c1-11-8-12(2)10-14(9-11)20-21(4,19)18-16-7-5-6-15(17)13(16)3/h5-10H,1-4H3,(H,18,19)/t21-/m0/s1. The fraction of sp³-hybridized carbons (Fsp3) is 0.250. The summed E-state index contributed by atoms with van der Waals surface area (Å²) < 4.78 is 18.3. The molecule has 1 N–H and O–H groups in total. The highest BCUT2D eigenvalue weighted by Crippen LogP contribution is 2.44. The molecule has 0 aliphatic carbocycles. The van der Waals surface area contributed by atoms with Gasteiger partial charge in [-0.1, -0.05) is 23.7 Å². The van der Waals surface area contributed by atoms with E-state index in [1.165, 1.54) is 0 Å². The van der Waals surface area contributed by atoms with Crippen molar-refractivity contribution in [1.29, 1.82) is 0 Å². The summed E-state index contributed by atoms with van der Waals surface area (Å²) in [4.78, 5) is 0. The second kappa shape index (κ2) is 6.13. The molecule has 0 unspecified atom stereocenters. The van der Waals surface area contributed by atoms with E-state index in [1.807, 2.05) is 51.1 Å². The van der Waals surface area contributed by atoms with E-state index >= 15 is 0 Å². The molecule has 0 saturated carbocycles. The lowest BCUT2D eigenvalue weighted by molar-refractivity contribution is 0.493. The molecule has 0 aromatic heterocycles. The first-order valence-corrected chi connectivity index (χ1v) is 9.11. The van der Waals surface area contributed by atoms with E-state index in [9.17, 15) is 4.57 Å². The number of aryl methyl sites for hydroxylation is 2. The van der Waals surface area contributed by atoms with Gasteiger partial charge in [-0.3, -0.25) is 4.57 Å². The van der Waals surface area contributed by atoms with Crippen molar-refractivity contribution in [2.24, 2.45) is 0 Å². The zero-order chi connectivity index (χ0) is 15.6. The first-order chi connectivity index (χ1) is 9.77. The summed E-state index contributed by atoms with van der Waals surface area (Å²) in [7, 11) is -3.03. The highest BCUT2D eigenvalue weighted by atomic mass is 35.5. The van der Waals surface area contributed by atoms with Gasteiger partial charge in [-0.25, -0.2) is 0 Å². The van der Waals surface area contributed by atoms with Crippen LogP contribution in [-0.2, 0) is 4.57 Å². The van der Waals surface area contributed by atoms with E-state index in [-0.39, 0.29) is 0 Å². The molecule has 0 saturated heterocycles. The molecule has 0 aliphatic rings. The minimum atomic E-state index is -3.03. The van der Waals surface area contributed by atoms with Crippen LogP contribution in [0.1, 0.15) is 16.7 Å². The highest BCUT2D eigenvalue weighted by Gasteiger charge is 2.19. The molecule has 3 nitrogen and oxygen atoms in total. The van der Waals surface area contributed by atoms with Gasteiger partial charge in [-0.2, -0.15) is 0 Å². The molecule has 0 radical (unpaired) electrons. The van der Waals surface area contributed by atoms with Crippen molar-refractivity contribution in [3.05, 3.63) is 58.1 Å². The van der Waals surface area contributed by atoms with Crippen LogP contribution in [0, 0.1) is 20.8 Å². The molecule has 0 spiro atoms. The Hall–Kier alpha value is -1.44. The zero-order valence-corrected chi connectivity index (χ0v) is 14.3. The van der Waals surface area contributed by atoms with Gasteiger partial charge in [0, 0.05) is 17.4 Å². The summed E-state index contributed by atoms with van der Waals surface area (Å²) in [6.07, 6.45) is 0. The summed E-state index contributed by atoms with van der Waals surface area (Å²) >= 11 is 6.07. The van der Waals surface area contributed by atoms with Crippen molar-refractivity contribution < 1.29 is 9.09 Å². The molecule has 0 bridgehead atoms. The van der Waals surface area contributed by atoms with Gasteiger partial charge >= 0.3 is 7.52 Å². The van der Waals surface area contributed by atoms with E-state index in [2.05, 4.69) is 5.09 Å². The van der Waals surface area contributed by atoms with Gasteiger partial charge in [0.25, 0.3) is 0 Å². The lowest BCUT2D eigenvalue weighted by Crippen LogP contribution is -2.04. The maximum atomic E-state index is 12.7. The second-order valence-electron chi connectivity index (χ2n) is 5.28. The van der Waals surface area contributed by atoms with E-state index in [1.54, 1.807) is 12.7 Å². The Kier molecular flexibility index (Phi) is 4.65. The fourth-order valence-electron chi connectivity index (χ4n) is 2.16. The second-order valence-corrected chi connectivity index (χ2v) is 7.79. The van der Waals surface area contributed by atoms with Crippen LogP contribution in [-0.4, -0.2) is 6.66 Å². The van der Waals surface area contributed by atoms with E-state index < -0.39 is 7.52 Å². The molecule has 0 heterocycles. The Balaban J connectivity index is 2.22. The largest absolute Gasteiger partial charge is 0.429 e. The Labute approximate surface area is 130 Å². The van der Waals surface area contributed by atoms with Gasteiger partial charge in [0.15, 0.2) is 0 Å². The molecule has 1 atom stereocenters.